The molecule has 0 saturated heterocycles. The van der Waals surface area contributed by atoms with Crippen molar-refractivity contribution in [3.8, 4) is 11.9 Å². The number of hydrogen-bond acceptors (Lipinski definition) is 4. The molecule has 14 heavy (non-hydrogen) atoms. The van der Waals surface area contributed by atoms with Gasteiger partial charge in [-0.05, 0) is 12.5 Å². The number of rotatable bonds is 2. The summed E-state index contributed by atoms with van der Waals surface area (Å²) in [6.07, 6.45) is 0.211. The van der Waals surface area contributed by atoms with Crippen LogP contribution < -0.4 is 5.56 Å². The highest BCUT2D eigenvalue weighted by Gasteiger charge is 2.12. The van der Waals surface area contributed by atoms with Crippen LogP contribution in [-0.2, 0) is 6.42 Å². The van der Waals surface area contributed by atoms with Gasteiger partial charge in [0.25, 0.3) is 5.56 Å². The number of aliphatic hydroxyl groups is 1. The summed E-state index contributed by atoms with van der Waals surface area (Å²) in [6.45, 7) is 1.42. The molecule has 0 aliphatic carbocycles. The Hall–Kier alpha value is -1.80. The van der Waals surface area contributed by atoms with Crippen molar-refractivity contribution >= 4 is 0 Å². The zero-order chi connectivity index (χ0) is 10.7. The number of H-pyrrole nitrogens is 1. The van der Waals surface area contributed by atoms with E-state index in [0.29, 0.717) is 11.1 Å². The maximum Gasteiger partial charge on any atom is 0.268 e. The molecule has 0 aromatic carbocycles. The summed E-state index contributed by atoms with van der Waals surface area (Å²) in [5, 5.41) is 26.7. The van der Waals surface area contributed by atoms with E-state index in [-0.39, 0.29) is 24.5 Å². The third kappa shape index (κ3) is 1.60. The van der Waals surface area contributed by atoms with Crippen LogP contribution in [0.3, 0.4) is 0 Å². The molecule has 5 heteroatoms. The smallest absolute Gasteiger partial charge is 0.268 e. The number of aromatic nitrogens is 1. The maximum absolute atomic E-state index is 11.1. The monoisotopic (exact) mass is 194 g/mol. The molecule has 0 unspecified atom stereocenters. The van der Waals surface area contributed by atoms with Gasteiger partial charge in [0.15, 0.2) is 5.88 Å². The largest absolute Gasteiger partial charge is 0.494 e. The van der Waals surface area contributed by atoms with Crippen LogP contribution >= 0.6 is 0 Å². The van der Waals surface area contributed by atoms with Crippen molar-refractivity contribution in [1.82, 2.24) is 4.98 Å². The van der Waals surface area contributed by atoms with Crippen molar-refractivity contribution in [2.75, 3.05) is 6.61 Å². The summed E-state index contributed by atoms with van der Waals surface area (Å²) in [7, 11) is 0. The first kappa shape index (κ1) is 10.3. The Morgan fingerprint density at radius 1 is 1.57 bits per heavy atom. The van der Waals surface area contributed by atoms with Crippen molar-refractivity contribution in [1.29, 1.82) is 5.26 Å². The number of aliphatic hydroxyl groups excluding tert-OH is 1. The zero-order valence-corrected chi connectivity index (χ0v) is 7.66. The molecule has 0 radical (unpaired) electrons. The number of nitrogens with zero attached hydrogens (tertiary/aromatic N) is 1. The number of pyridine rings is 1. The van der Waals surface area contributed by atoms with Crippen LogP contribution in [0.15, 0.2) is 4.79 Å². The number of hydrogen-bond donors (Lipinski definition) is 3. The second-order valence-electron chi connectivity index (χ2n) is 2.87. The number of nitriles is 1. The van der Waals surface area contributed by atoms with Crippen LogP contribution in [0.5, 0.6) is 5.88 Å². The lowest BCUT2D eigenvalue weighted by Crippen LogP contribution is -2.14. The van der Waals surface area contributed by atoms with Crippen LogP contribution in [0.1, 0.15) is 16.7 Å². The van der Waals surface area contributed by atoms with E-state index >= 15 is 0 Å². The van der Waals surface area contributed by atoms with E-state index in [0.717, 1.165) is 0 Å². The lowest BCUT2D eigenvalue weighted by atomic mass is 10.0. The Labute approximate surface area is 80.3 Å². The van der Waals surface area contributed by atoms with Gasteiger partial charge in [0.2, 0.25) is 0 Å². The summed E-state index contributed by atoms with van der Waals surface area (Å²) in [5.41, 5.74) is 0.196. The van der Waals surface area contributed by atoms with Crippen molar-refractivity contribution in [2.45, 2.75) is 13.3 Å². The average Bonchev–Trinajstić information content (AvgIpc) is 2.12. The van der Waals surface area contributed by atoms with Gasteiger partial charge in [-0.1, -0.05) is 0 Å². The first-order valence-electron chi connectivity index (χ1n) is 4.07. The molecule has 0 spiro atoms. The average molecular weight is 194 g/mol. The van der Waals surface area contributed by atoms with Gasteiger partial charge in [-0.3, -0.25) is 9.78 Å². The zero-order valence-electron chi connectivity index (χ0n) is 7.66. The summed E-state index contributed by atoms with van der Waals surface area (Å²) < 4.78 is 0. The molecule has 74 valence electrons. The van der Waals surface area contributed by atoms with E-state index in [1.165, 1.54) is 0 Å². The summed E-state index contributed by atoms with van der Waals surface area (Å²) in [5.74, 6) is -0.277. The van der Waals surface area contributed by atoms with Crippen LogP contribution in [0.4, 0.5) is 0 Å². The topological polar surface area (TPSA) is 97.1 Å². The molecule has 0 amide bonds. The molecule has 0 bridgehead atoms. The summed E-state index contributed by atoms with van der Waals surface area (Å²) >= 11 is 0. The van der Waals surface area contributed by atoms with E-state index in [4.69, 9.17) is 10.4 Å². The molecule has 0 aliphatic heterocycles. The van der Waals surface area contributed by atoms with Gasteiger partial charge in [-0.25, -0.2) is 0 Å². The molecule has 3 N–H and O–H groups in total. The Bertz CT molecular complexity index is 443. The SMILES string of the molecule is Cc1c(CCO)c(O)[nH]c(=O)c1C#N. The van der Waals surface area contributed by atoms with E-state index < -0.39 is 5.56 Å². The van der Waals surface area contributed by atoms with Crippen LogP contribution in [0.2, 0.25) is 0 Å². The lowest BCUT2D eigenvalue weighted by Gasteiger charge is -2.06. The highest BCUT2D eigenvalue weighted by molar-refractivity contribution is 5.44. The number of aromatic amines is 1. The van der Waals surface area contributed by atoms with Gasteiger partial charge in [-0.2, -0.15) is 5.26 Å². The number of aromatic hydroxyl groups is 1. The molecule has 0 atom stereocenters. The molecule has 1 aromatic rings. The van der Waals surface area contributed by atoms with Gasteiger partial charge in [0, 0.05) is 18.6 Å². The predicted molar refractivity (Wildman–Crippen MR) is 49.0 cm³/mol. The predicted octanol–water partition coefficient (Wildman–Crippen LogP) is -0.205. The second-order valence-corrected chi connectivity index (χ2v) is 2.87. The van der Waals surface area contributed by atoms with Gasteiger partial charge < -0.3 is 10.2 Å². The highest BCUT2D eigenvalue weighted by atomic mass is 16.3. The second kappa shape index (κ2) is 3.94. The summed E-state index contributed by atoms with van der Waals surface area (Å²) in [4.78, 5) is 13.3. The lowest BCUT2D eigenvalue weighted by molar-refractivity contribution is 0.296. The summed E-state index contributed by atoms with van der Waals surface area (Å²) in [6, 6.07) is 1.75. The van der Waals surface area contributed by atoms with Crippen LogP contribution in [0, 0.1) is 18.3 Å². The van der Waals surface area contributed by atoms with Crippen molar-refractivity contribution in [3.05, 3.63) is 27.0 Å². The van der Waals surface area contributed by atoms with Crippen LogP contribution in [-0.4, -0.2) is 21.8 Å². The highest BCUT2D eigenvalue weighted by Crippen LogP contribution is 2.18. The fraction of sp³-hybridized carbons (Fsp3) is 0.333. The Morgan fingerprint density at radius 3 is 2.71 bits per heavy atom. The third-order valence-electron chi connectivity index (χ3n) is 2.05. The standard InChI is InChI=1S/C9H10N2O3/c1-5-6(2-3-12)8(13)11-9(14)7(5)4-10/h12H,2-3H2,1H3,(H2,11,13,14). The van der Waals surface area contributed by atoms with Crippen LogP contribution in [0.25, 0.3) is 0 Å². The molecule has 0 aliphatic rings. The molecular formula is C9H10N2O3. The molecular weight excluding hydrogens is 184 g/mol. The van der Waals surface area contributed by atoms with Gasteiger partial charge >= 0.3 is 0 Å². The Kier molecular flexibility index (Phi) is 2.89. The van der Waals surface area contributed by atoms with E-state index in [1.807, 2.05) is 0 Å². The normalized spacial score (nSPS) is 9.79. The van der Waals surface area contributed by atoms with Gasteiger partial charge in [-0.15, -0.1) is 0 Å². The van der Waals surface area contributed by atoms with Gasteiger partial charge in [0.05, 0.1) is 0 Å². The Balaban J connectivity index is 3.46. The molecule has 0 saturated carbocycles. The fourth-order valence-electron chi connectivity index (χ4n) is 1.30. The Morgan fingerprint density at radius 2 is 2.21 bits per heavy atom. The first-order valence-corrected chi connectivity index (χ1v) is 4.07. The maximum atomic E-state index is 11.1. The first-order chi connectivity index (χ1) is 6.61. The molecule has 1 heterocycles. The molecule has 1 rings (SSSR count). The molecule has 5 nitrogen and oxygen atoms in total. The fourth-order valence-corrected chi connectivity index (χ4v) is 1.30. The van der Waals surface area contributed by atoms with E-state index in [2.05, 4.69) is 4.98 Å². The van der Waals surface area contributed by atoms with Crippen molar-refractivity contribution < 1.29 is 10.2 Å². The quantitative estimate of drug-likeness (QED) is 0.607. The van der Waals surface area contributed by atoms with E-state index in [1.54, 1.807) is 13.0 Å². The minimum Gasteiger partial charge on any atom is -0.494 e. The molecule has 1 aromatic heterocycles. The van der Waals surface area contributed by atoms with E-state index in [9.17, 15) is 9.90 Å². The minimum atomic E-state index is -0.607. The van der Waals surface area contributed by atoms with Gasteiger partial charge in [0.1, 0.15) is 11.6 Å². The van der Waals surface area contributed by atoms with Crippen molar-refractivity contribution in [2.24, 2.45) is 0 Å². The number of nitrogens with one attached hydrogen (secondary N) is 1. The third-order valence-corrected chi connectivity index (χ3v) is 2.05. The van der Waals surface area contributed by atoms with Crippen molar-refractivity contribution in [3.63, 3.8) is 0 Å². The molecule has 0 fully saturated rings. The minimum absolute atomic E-state index is 0.0220.